The lowest BCUT2D eigenvalue weighted by Crippen LogP contribution is -2.16. The number of aromatic nitrogens is 3. The molecule has 0 spiro atoms. The van der Waals surface area contributed by atoms with E-state index < -0.39 is 22.7 Å². The number of amides is 1. The van der Waals surface area contributed by atoms with Crippen molar-refractivity contribution in [2.24, 2.45) is 0 Å². The molecular weight excluding hydrogens is 515 g/mol. The van der Waals surface area contributed by atoms with Gasteiger partial charge in [0, 0.05) is 34.8 Å². The molecule has 2 aromatic carbocycles. The maximum Gasteiger partial charge on any atom is 0.433 e. The number of nitrogens with zero attached hydrogens (tertiary/aromatic N) is 4. The van der Waals surface area contributed by atoms with Gasteiger partial charge < -0.3 is 10.1 Å². The fourth-order valence-corrected chi connectivity index (χ4v) is 3.99. The molecule has 2 aromatic heterocycles. The van der Waals surface area contributed by atoms with Crippen LogP contribution in [0.4, 0.5) is 24.5 Å². The Morgan fingerprint density at radius 3 is 2.59 bits per heavy atom. The third kappa shape index (κ3) is 5.19. The van der Waals surface area contributed by atoms with Gasteiger partial charge in [0.05, 0.1) is 16.7 Å². The molecule has 5 rings (SSSR count). The molecule has 190 valence electrons. The number of rotatable bonds is 6. The summed E-state index contributed by atoms with van der Waals surface area (Å²) < 4.78 is 47.3. The van der Waals surface area contributed by atoms with Crippen LogP contribution in [0.15, 0.2) is 48.5 Å². The Hall–Kier alpha value is -4.19. The molecule has 0 radical (unpaired) electrons. The molecule has 9 nitrogen and oxygen atoms in total. The van der Waals surface area contributed by atoms with Gasteiger partial charge in [-0.2, -0.15) is 18.3 Å². The van der Waals surface area contributed by atoms with E-state index in [1.54, 1.807) is 25.1 Å². The van der Waals surface area contributed by atoms with Crippen molar-refractivity contribution < 1.29 is 27.6 Å². The second-order valence-electron chi connectivity index (χ2n) is 8.58. The van der Waals surface area contributed by atoms with Crippen LogP contribution in [0, 0.1) is 17.0 Å². The average Bonchev–Trinajstić information content (AvgIpc) is 3.58. The minimum Gasteiger partial charge on any atom is -0.457 e. The number of nitro groups is 1. The van der Waals surface area contributed by atoms with Gasteiger partial charge in [-0.3, -0.25) is 14.9 Å². The predicted molar refractivity (Wildman–Crippen MR) is 127 cm³/mol. The summed E-state index contributed by atoms with van der Waals surface area (Å²) in [5.74, 6) is -0.480. The Bertz CT molecular complexity index is 1570. The van der Waals surface area contributed by atoms with Crippen LogP contribution in [0.2, 0.25) is 5.02 Å². The van der Waals surface area contributed by atoms with E-state index in [9.17, 15) is 28.1 Å². The van der Waals surface area contributed by atoms with E-state index in [1.165, 1.54) is 12.1 Å². The summed E-state index contributed by atoms with van der Waals surface area (Å²) >= 11 is 5.95. The third-order valence-electron chi connectivity index (χ3n) is 5.69. The molecule has 1 aliphatic rings. The number of nitro benzene ring substituents is 1. The van der Waals surface area contributed by atoms with E-state index in [-0.39, 0.29) is 34.4 Å². The van der Waals surface area contributed by atoms with Crippen molar-refractivity contribution in [3.8, 4) is 11.5 Å². The summed E-state index contributed by atoms with van der Waals surface area (Å²) in [4.78, 5) is 27.9. The van der Waals surface area contributed by atoms with Crippen LogP contribution >= 0.6 is 11.6 Å². The lowest BCUT2D eigenvalue weighted by Gasteiger charge is -2.11. The summed E-state index contributed by atoms with van der Waals surface area (Å²) in [7, 11) is 0. The fraction of sp³-hybridized carbons (Fsp3) is 0.208. The molecule has 4 aromatic rings. The monoisotopic (exact) mass is 531 g/mol. The Morgan fingerprint density at radius 1 is 1.19 bits per heavy atom. The highest BCUT2D eigenvalue weighted by Gasteiger charge is 2.37. The number of halogens is 4. The van der Waals surface area contributed by atoms with E-state index in [4.69, 9.17) is 16.3 Å². The van der Waals surface area contributed by atoms with Gasteiger partial charge in [0.25, 0.3) is 11.6 Å². The second-order valence-corrected chi connectivity index (χ2v) is 9.01. The van der Waals surface area contributed by atoms with E-state index >= 15 is 0 Å². The molecular formula is C24H17ClF3N5O4. The van der Waals surface area contributed by atoms with Gasteiger partial charge in [0.15, 0.2) is 11.3 Å². The van der Waals surface area contributed by atoms with Crippen LogP contribution in [0.3, 0.4) is 0 Å². The van der Waals surface area contributed by atoms with Gasteiger partial charge in [-0.05, 0) is 49.6 Å². The fourth-order valence-electron chi connectivity index (χ4n) is 3.76. The number of alkyl halides is 3. The number of carbonyl (C=O) groups excluding carboxylic acids is 1. The molecule has 1 fully saturated rings. The number of anilines is 1. The average molecular weight is 532 g/mol. The van der Waals surface area contributed by atoms with Gasteiger partial charge in [0.2, 0.25) is 0 Å². The normalized spacial score (nSPS) is 13.5. The maximum absolute atomic E-state index is 13.7. The molecule has 0 saturated heterocycles. The first-order valence-corrected chi connectivity index (χ1v) is 11.4. The van der Waals surface area contributed by atoms with Gasteiger partial charge in [-0.15, -0.1) is 0 Å². The van der Waals surface area contributed by atoms with Crippen LogP contribution in [-0.4, -0.2) is 25.4 Å². The number of hydrogen-bond donors (Lipinski definition) is 1. The van der Waals surface area contributed by atoms with Crippen molar-refractivity contribution in [2.75, 3.05) is 5.32 Å². The quantitative estimate of drug-likeness (QED) is 0.223. The SMILES string of the molecule is Cc1cc(Cl)ccc1Oc1cc(NC(=O)c2cc3nc(C4CC4)cc(C(F)(F)F)n3n2)cc([N+](=O)[O-])c1. The minimum atomic E-state index is -4.71. The first kappa shape index (κ1) is 24.5. The minimum absolute atomic E-state index is 0.0134. The first-order chi connectivity index (χ1) is 17.5. The topological polar surface area (TPSA) is 112 Å². The Labute approximate surface area is 212 Å². The van der Waals surface area contributed by atoms with E-state index in [1.807, 2.05) is 0 Å². The van der Waals surface area contributed by atoms with Gasteiger partial charge in [-0.25, -0.2) is 9.50 Å². The van der Waals surface area contributed by atoms with Gasteiger partial charge >= 0.3 is 6.18 Å². The summed E-state index contributed by atoms with van der Waals surface area (Å²) in [5, 5.41) is 18.2. The summed E-state index contributed by atoms with van der Waals surface area (Å²) in [6.45, 7) is 1.74. The highest BCUT2D eigenvalue weighted by Crippen LogP contribution is 2.41. The van der Waals surface area contributed by atoms with Crippen molar-refractivity contribution in [2.45, 2.75) is 31.9 Å². The first-order valence-electron chi connectivity index (χ1n) is 11.0. The van der Waals surface area contributed by atoms with Gasteiger partial charge in [-0.1, -0.05) is 11.6 Å². The molecule has 0 unspecified atom stereocenters. The Balaban J connectivity index is 1.47. The van der Waals surface area contributed by atoms with Crippen LogP contribution in [0.5, 0.6) is 11.5 Å². The zero-order chi connectivity index (χ0) is 26.5. The third-order valence-corrected chi connectivity index (χ3v) is 5.93. The summed E-state index contributed by atoms with van der Waals surface area (Å²) in [6, 6.07) is 10.5. The highest BCUT2D eigenvalue weighted by molar-refractivity contribution is 6.30. The molecule has 13 heteroatoms. The van der Waals surface area contributed by atoms with Crippen molar-refractivity contribution in [3.63, 3.8) is 0 Å². The van der Waals surface area contributed by atoms with Crippen LogP contribution in [0.25, 0.3) is 5.65 Å². The second kappa shape index (κ2) is 9.04. The number of fused-ring (bicyclic) bond motifs is 1. The standard InChI is InChI=1S/C24H17ClF3N5O4/c1-12-6-14(25)4-5-20(12)37-17-8-15(7-16(9-17)33(35)36)29-23(34)19-11-22-30-18(13-2-3-13)10-21(24(26,27)28)32(22)31-19/h4-11,13H,2-3H2,1H3,(H,29,34). The molecule has 0 bridgehead atoms. The summed E-state index contributed by atoms with van der Waals surface area (Å²) in [5.41, 5.74) is -0.915. The molecule has 37 heavy (non-hydrogen) atoms. The number of aryl methyl sites for hydroxylation is 1. The largest absolute Gasteiger partial charge is 0.457 e. The van der Waals surface area contributed by atoms with E-state index in [0.717, 1.165) is 31.0 Å². The van der Waals surface area contributed by atoms with Crippen LogP contribution < -0.4 is 10.1 Å². The van der Waals surface area contributed by atoms with E-state index in [2.05, 4.69) is 15.4 Å². The lowest BCUT2D eigenvalue weighted by molar-refractivity contribution is -0.384. The van der Waals surface area contributed by atoms with Crippen molar-refractivity contribution in [3.05, 3.63) is 86.3 Å². The summed E-state index contributed by atoms with van der Waals surface area (Å²) in [6.07, 6.45) is -3.22. The Kier molecular flexibility index (Phi) is 5.98. The zero-order valence-electron chi connectivity index (χ0n) is 19.0. The predicted octanol–water partition coefficient (Wildman–Crippen LogP) is 6.54. The molecule has 0 atom stereocenters. The molecule has 1 aliphatic carbocycles. The zero-order valence-corrected chi connectivity index (χ0v) is 19.8. The van der Waals surface area contributed by atoms with Crippen molar-refractivity contribution >= 4 is 34.5 Å². The van der Waals surface area contributed by atoms with Crippen molar-refractivity contribution in [1.29, 1.82) is 0 Å². The molecule has 0 aliphatic heterocycles. The number of benzene rings is 2. The van der Waals surface area contributed by atoms with Crippen molar-refractivity contribution in [1.82, 2.24) is 14.6 Å². The van der Waals surface area contributed by atoms with Gasteiger partial charge in [0.1, 0.15) is 17.2 Å². The van der Waals surface area contributed by atoms with Crippen LogP contribution in [0.1, 0.15) is 46.2 Å². The number of carbonyl (C=O) groups is 1. The smallest absolute Gasteiger partial charge is 0.433 e. The molecule has 1 amide bonds. The number of hydrogen-bond acceptors (Lipinski definition) is 6. The number of non-ortho nitro benzene ring substituents is 1. The lowest BCUT2D eigenvalue weighted by atomic mass is 10.2. The molecule has 2 heterocycles. The Morgan fingerprint density at radius 2 is 1.95 bits per heavy atom. The number of nitrogens with one attached hydrogen (secondary N) is 1. The van der Waals surface area contributed by atoms with Crippen LogP contribution in [-0.2, 0) is 6.18 Å². The molecule has 1 N–H and O–H groups in total. The molecule has 1 saturated carbocycles. The van der Waals surface area contributed by atoms with E-state index in [0.29, 0.717) is 26.5 Å². The highest BCUT2D eigenvalue weighted by atomic mass is 35.5. The maximum atomic E-state index is 13.7. The number of ether oxygens (including phenoxy) is 1.